The second-order valence-electron chi connectivity index (χ2n) is 4.75. The van der Waals surface area contributed by atoms with E-state index < -0.39 is 0 Å². The smallest absolute Gasteiger partial charge is 0.255 e. The Morgan fingerprint density at radius 3 is 2.95 bits per heavy atom. The number of carbonyl (C=O) groups is 2. The van der Waals surface area contributed by atoms with Crippen molar-refractivity contribution >= 4 is 17.5 Å². The first-order chi connectivity index (χ1) is 9.59. The van der Waals surface area contributed by atoms with Crippen LogP contribution in [0.1, 0.15) is 16.8 Å². The zero-order chi connectivity index (χ0) is 14.5. The van der Waals surface area contributed by atoms with E-state index in [1.807, 2.05) is 6.07 Å². The molecule has 0 unspecified atom stereocenters. The normalized spacial score (nSPS) is 12.7. The summed E-state index contributed by atoms with van der Waals surface area (Å²) >= 11 is 0. The molecule has 0 atom stereocenters. The van der Waals surface area contributed by atoms with Gasteiger partial charge in [0, 0.05) is 33.6 Å². The van der Waals surface area contributed by atoms with E-state index in [0.717, 1.165) is 12.2 Å². The van der Waals surface area contributed by atoms with E-state index in [9.17, 15) is 9.59 Å². The minimum Gasteiger partial charge on any atom is -0.489 e. The van der Waals surface area contributed by atoms with Crippen molar-refractivity contribution in [3.8, 4) is 5.75 Å². The zero-order valence-electron chi connectivity index (χ0n) is 11.7. The SMILES string of the molecule is CN(C)C(=O)CCNC(=O)c1cccc2c1OCCN2. The molecule has 0 saturated heterocycles. The summed E-state index contributed by atoms with van der Waals surface area (Å²) < 4.78 is 5.54. The van der Waals surface area contributed by atoms with Gasteiger partial charge in [0.15, 0.2) is 5.75 Å². The van der Waals surface area contributed by atoms with Crippen molar-refractivity contribution in [3.05, 3.63) is 23.8 Å². The van der Waals surface area contributed by atoms with Crippen LogP contribution in [-0.2, 0) is 4.79 Å². The number of anilines is 1. The first-order valence-corrected chi connectivity index (χ1v) is 6.57. The number of hydrogen-bond donors (Lipinski definition) is 2. The molecule has 1 aliphatic rings. The fourth-order valence-corrected chi connectivity index (χ4v) is 1.95. The molecule has 6 nitrogen and oxygen atoms in total. The molecule has 1 heterocycles. The van der Waals surface area contributed by atoms with Crippen molar-refractivity contribution in [2.24, 2.45) is 0 Å². The average molecular weight is 277 g/mol. The van der Waals surface area contributed by atoms with Crippen LogP contribution in [0.5, 0.6) is 5.75 Å². The van der Waals surface area contributed by atoms with Gasteiger partial charge < -0.3 is 20.3 Å². The lowest BCUT2D eigenvalue weighted by molar-refractivity contribution is -0.128. The number of rotatable bonds is 4. The minimum atomic E-state index is -0.225. The molecule has 108 valence electrons. The first kappa shape index (κ1) is 14.2. The molecule has 2 N–H and O–H groups in total. The second kappa shape index (κ2) is 6.27. The summed E-state index contributed by atoms with van der Waals surface area (Å²) in [7, 11) is 3.38. The minimum absolute atomic E-state index is 0.0155. The van der Waals surface area contributed by atoms with Gasteiger partial charge in [0.2, 0.25) is 5.91 Å². The molecular weight excluding hydrogens is 258 g/mol. The van der Waals surface area contributed by atoms with Crippen LogP contribution in [-0.4, -0.2) is 50.5 Å². The van der Waals surface area contributed by atoms with Gasteiger partial charge in [-0.05, 0) is 12.1 Å². The van der Waals surface area contributed by atoms with Gasteiger partial charge in [0.05, 0.1) is 11.3 Å². The van der Waals surface area contributed by atoms with Crippen molar-refractivity contribution < 1.29 is 14.3 Å². The van der Waals surface area contributed by atoms with Gasteiger partial charge in [0.1, 0.15) is 6.61 Å². The Hall–Kier alpha value is -2.24. The molecule has 2 amide bonds. The number of ether oxygens (including phenoxy) is 1. The Bertz CT molecular complexity index is 514. The fourth-order valence-electron chi connectivity index (χ4n) is 1.95. The van der Waals surface area contributed by atoms with Crippen LogP contribution in [0.4, 0.5) is 5.69 Å². The molecule has 0 bridgehead atoms. The van der Waals surface area contributed by atoms with Crippen molar-refractivity contribution in [1.82, 2.24) is 10.2 Å². The molecule has 6 heteroatoms. The van der Waals surface area contributed by atoms with Crippen LogP contribution in [0.25, 0.3) is 0 Å². The molecule has 0 aromatic heterocycles. The van der Waals surface area contributed by atoms with E-state index in [4.69, 9.17) is 4.74 Å². The Labute approximate surface area is 118 Å². The summed E-state index contributed by atoms with van der Waals surface area (Å²) in [5.41, 5.74) is 1.32. The van der Waals surface area contributed by atoms with Crippen LogP contribution in [0.2, 0.25) is 0 Å². The summed E-state index contributed by atoms with van der Waals surface area (Å²) in [5, 5.41) is 5.92. The molecule has 1 aromatic carbocycles. The monoisotopic (exact) mass is 277 g/mol. The topological polar surface area (TPSA) is 70.7 Å². The van der Waals surface area contributed by atoms with Crippen LogP contribution in [0.15, 0.2) is 18.2 Å². The summed E-state index contributed by atoms with van der Waals surface area (Å²) in [6.07, 6.45) is 0.285. The molecule has 2 rings (SSSR count). The predicted octanol–water partition coefficient (Wildman–Crippen LogP) is 0.699. The summed E-state index contributed by atoms with van der Waals surface area (Å²) in [5.74, 6) is 0.339. The van der Waals surface area contributed by atoms with Crippen LogP contribution in [0.3, 0.4) is 0 Å². The molecule has 0 radical (unpaired) electrons. The molecule has 0 fully saturated rings. The maximum absolute atomic E-state index is 12.1. The molecule has 0 aliphatic carbocycles. The Morgan fingerprint density at radius 1 is 1.40 bits per heavy atom. The molecular formula is C14H19N3O3. The Balaban J connectivity index is 1.98. The number of nitrogens with zero attached hydrogens (tertiary/aromatic N) is 1. The van der Waals surface area contributed by atoms with Crippen molar-refractivity contribution in [2.45, 2.75) is 6.42 Å². The Morgan fingerprint density at radius 2 is 2.20 bits per heavy atom. The van der Waals surface area contributed by atoms with Gasteiger partial charge in [-0.3, -0.25) is 9.59 Å². The number of benzene rings is 1. The fraction of sp³-hybridized carbons (Fsp3) is 0.429. The largest absolute Gasteiger partial charge is 0.489 e. The maximum atomic E-state index is 12.1. The number of amides is 2. The van der Waals surface area contributed by atoms with Gasteiger partial charge in [-0.15, -0.1) is 0 Å². The molecule has 20 heavy (non-hydrogen) atoms. The van der Waals surface area contributed by atoms with Crippen LogP contribution in [0, 0.1) is 0 Å². The van der Waals surface area contributed by atoms with Crippen molar-refractivity contribution in [2.75, 3.05) is 39.1 Å². The van der Waals surface area contributed by atoms with E-state index in [0.29, 0.717) is 24.5 Å². The van der Waals surface area contributed by atoms with E-state index in [1.54, 1.807) is 26.2 Å². The van der Waals surface area contributed by atoms with Gasteiger partial charge >= 0.3 is 0 Å². The number of hydrogen-bond acceptors (Lipinski definition) is 4. The summed E-state index contributed by atoms with van der Waals surface area (Å²) in [6.45, 7) is 1.58. The number of nitrogens with one attached hydrogen (secondary N) is 2. The lowest BCUT2D eigenvalue weighted by Crippen LogP contribution is -2.31. The Kier molecular flexibility index (Phi) is 4.45. The van der Waals surface area contributed by atoms with Gasteiger partial charge in [-0.1, -0.05) is 6.07 Å². The van der Waals surface area contributed by atoms with E-state index in [2.05, 4.69) is 10.6 Å². The lowest BCUT2D eigenvalue weighted by Gasteiger charge is -2.21. The van der Waals surface area contributed by atoms with Gasteiger partial charge in [0.25, 0.3) is 5.91 Å². The first-order valence-electron chi connectivity index (χ1n) is 6.57. The third-order valence-electron chi connectivity index (χ3n) is 3.05. The quantitative estimate of drug-likeness (QED) is 0.850. The van der Waals surface area contributed by atoms with Crippen molar-refractivity contribution in [1.29, 1.82) is 0 Å². The highest BCUT2D eigenvalue weighted by Crippen LogP contribution is 2.30. The zero-order valence-corrected chi connectivity index (χ0v) is 11.7. The van der Waals surface area contributed by atoms with Gasteiger partial charge in [-0.25, -0.2) is 0 Å². The van der Waals surface area contributed by atoms with Crippen LogP contribution < -0.4 is 15.4 Å². The highest BCUT2D eigenvalue weighted by atomic mass is 16.5. The average Bonchev–Trinajstić information content (AvgIpc) is 2.46. The summed E-state index contributed by atoms with van der Waals surface area (Å²) in [6, 6.07) is 5.40. The van der Waals surface area contributed by atoms with E-state index >= 15 is 0 Å². The second-order valence-corrected chi connectivity index (χ2v) is 4.75. The third kappa shape index (κ3) is 3.20. The highest BCUT2D eigenvalue weighted by molar-refractivity contribution is 5.99. The van der Waals surface area contributed by atoms with Gasteiger partial charge in [-0.2, -0.15) is 0 Å². The number of carbonyl (C=O) groups excluding carboxylic acids is 2. The number of para-hydroxylation sites is 1. The predicted molar refractivity (Wildman–Crippen MR) is 76.1 cm³/mol. The van der Waals surface area contributed by atoms with Crippen LogP contribution >= 0.6 is 0 Å². The maximum Gasteiger partial charge on any atom is 0.255 e. The molecule has 0 saturated carbocycles. The highest BCUT2D eigenvalue weighted by Gasteiger charge is 2.18. The third-order valence-corrected chi connectivity index (χ3v) is 3.05. The van der Waals surface area contributed by atoms with E-state index in [-0.39, 0.29) is 18.2 Å². The summed E-state index contributed by atoms with van der Waals surface area (Å²) in [4.78, 5) is 25.1. The molecule has 1 aliphatic heterocycles. The molecule has 1 aromatic rings. The lowest BCUT2D eigenvalue weighted by atomic mass is 10.1. The standard InChI is InChI=1S/C14H19N3O3/c1-17(2)12(18)6-7-16-14(19)10-4-3-5-11-13(10)20-9-8-15-11/h3-5,15H,6-9H2,1-2H3,(H,16,19). The number of fused-ring (bicyclic) bond motifs is 1. The van der Waals surface area contributed by atoms with Crippen molar-refractivity contribution in [3.63, 3.8) is 0 Å². The van der Waals surface area contributed by atoms with E-state index in [1.165, 1.54) is 4.90 Å². The molecule has 0 spiro atoms.